The van der Waals surface area contributed by atoms with Gasteiger partial charge in [-0.3, -0.25) is 4.68 Å². The number of hydrogen-bond donors (Lipinski definition) is 3. The number of carbonyl (C=O) groups is 2. The van der Waals surface area contributed by atoms with Crippen LogP contribution < -0.4 is 10.6 Å². The van der Waals surface area contributed by atoms with Gasteiger partial charge >= 0.3 is 12.0 Å². The van der Waals surface area contributed by atoms with Crippen LogP contribution in [0.2, 0.25) is 0 Å². The molecular weight excluding hydrogens is 294 g/mol. The molecule has 112 valence electrons. The minimum atomic E-state index is -1.15. The number of aryl methyl sites for hydroxylation is 2. The van der Waals surface area contributed by atoms with Crippen molar-refractivity contribution >= 4 is 23.3 Å². The standard InChI is InChI=1S/C12H15N5O3S/c1-7-6-21-9(15-7)4-13-12(20)16-10(11(18)19)8-3-14-17(2)5-8/h3,5-6,10H,4H2,1-2H3,(H,18,19)(H2,13,16,20). The van der Waals surface area contributed by atoms with Gasteiger partial charge in [-0.15, -0.1) is 11.3 Å². The second-order valence-electron chi connectivity index (χ2n) is 4.43. The van der Waals surface area contributed by atoms with Gasteiger partial charge in [0.15, 0.2) is 6.04 Å². The summed E-state index contributed by atoms with van der Waals surface area (Å²) in [5.74, 6) is -1.15. The Labute approximate surface area is 124 Å². The number of hydrogen-bond acceptors (Lipinski definition) is 5. The van der Waals surface area contributed by atoms with Gasteiger partial charge in [0.1, 0.15) is 5.01 Å². The number of urea groups is 1. The quantitative estimate of drug-likeness (QED) is 0.757. The minimum Gasteiger partial charge on any atom is -0.479 e. The predicted octanol–water partition coefficient (Wildman–Crippen LogP) is 0.810. The zero-order valence-corrected chi connectivity index (χ0v) is 12.3. The van der Waals surface area contributed by atoms with Crippen molar-refractivity contribution in [1.82, 2.24) is 25.4 Å². The minimum absolute atomic E-state index is 0.254. The molecule has 0 spiro atoms. The maximum atomic E-state index is 11.8. The van der Waals surface area contributed by atoms with Crippen LogP contribution in [0.3, 0.4) is 0 Å². The fraction of sp³-hybridized carbons (Fsp3) is 0.333. The third-order valence-corrected chi connectivity index (χ3v) is 3.61. The number of nitrogens with one attached hydrogen (secondary N) is 2. The molecule has 8 nitrogen and oxygen atoms in total. The number of nitrogens with zero attached hydrogens (tertiary/aromatic N) is 3. The molecule has 2 heterocycles. The van der Waals surface area contributed by atoms with Gasteiger partial charge in [-0.05, 0) is 6.92 Å². The number of carboxylic acid groups (broad SMARTS) is 1. The highest BCUT2D eigenvalue weighted by Gasteiger charge is 2.23. The van der Waals surface area contributed by atoms with Gasteiger partial charge in [0.25, 0.3) is 0 Å². The Balaban J connectivity index is 1.94. The topological polar surface area (TPSA) is 109 Å². The molecule has 0 aliphatic carbocycles. The molecule has 1 atom stereocenters. The molecule has 0 aromatic carbocycles. The summed E-state index contributed by atoms with van der Waals surface area (Å²) in [6.45, 7) is 2.12. The first kappa shape index (κ1) is 15.0. The van der Waals surface area contributed by atoms with Crippen molar-refractivity contribution in [2.24, 2.45) is 7.05 Å². The first-order valence-corrected chi connectivity index (χ1v) is 7.00. The smallest absolute Gasteiger partial charge is 0.331 e. The molecule has 2 aromatic rings. The Morgan fingerprint density at radius 1 is 1.52 bits per heavy atom. The van der Waals surface area contributed by atoms with E-state index in [1.54, 1.807) is 13.2 Å². The number of carbonyl (C=O) groups excluding carboxylic acids is 1. The largest absolute Gasteiger partial charge is 0.479 e. The molecule has 0 radical (unpaired) electrons. The highest BCUT2D eigenvalue weighted by atomic mass is 32.1. The number of rotatable bonds is 5. The molecule has 0 bridgehead atoms. The van der Waals surface area contributed by atoms with E-state index in [-0.39, 0.29) is 6.54 Å². The molecule has 0 aliphatic heterocycles. The third-order valence-electron chi connectivity index (χ3n) is 2.65. The molecule has 0 fully saturated rings. The zero-order chi connectivity index (χ0) is 15.4. The van der Waals surface area contributed by atoms with E-state index in [1.807, 2.05) is 12.3 Å². The van der Waals surface area contributed by atoms with Crippen molar-refractivity contribution in [1.29, 1.82) is 0 Å². The van der Waals surface area contributed by atoms with Gasteiger partial charge in [0, 0.05) is 29.9 Å². The normalized spacial score (nSPS) is 11.9. The summed E-state index contributed by atoms with van der Waals surface area (Å²) in [6, 6.07) is -1.71. The molecule has 21 heavy (non-hydrogen) atoms. The van der Waals surface area contributed by atoms with E-state index in [4.69, 9.17) is 0 Å². The lowest BCUT2D eigenvalue weighted by atomic mass is 10.1. The van der Waals surface area contributed by atoms with Gasteiger partial charge in [0.2, 0.25) is 0 Å². The summed E-state index contributed by atoms with van der Waals surface area (Å²) in [4.78, 5) is 27.2. The summed E-state index contributed by atoms with van der Waals surface area (Å²) < 4.78 is 1.48. The fourth-order valence-corrected chi connectivity index (χ4v) is 2.41. The second kappa shape index (κ2) is 6.35. The summed E-state index contributed by atoms with van der Waals surface area (Å²) in [5, 5.41) is 20.7. The number of amides is 2. The third kappa shape index (κ3) is 4.02. The Morgan fingerprint density at radius 3 is 2.81 bits per heavy atom. The fourth-order valence-electron chi connectivity index (χ4n) is 1.70. The molecule has 2 aromatic heterocycles. The van der Waals surface area contributed by atoms with Crippen LogP contribution in [0.15, 0.2) is 17.8 Å². The lowest BCUT2D eigenvalue weighted by molar-refractivity contribution is -0.139. The Bertz CT molecular complexity index is 651. The molecule has 1 unspecified atom stereocenters. The summed E-state index contributed by atoms with van der Waals surface area (Å²) in [7, 11) is 1.67. The van der Waals surface area contributed by atoms with Crippen LogP contribution in [-0.2, 0) is 18.4 Å². The Morgan fingerprint density at radius 2 is 2.29 bits per heavy atom. The SMILES string of the molecule is Cc1csc(CNC(=O)NC(C(=O)O)c2cnn(C)c2)n1. The molecule has 9 heteroatoms. The first-order valence-electron chi connectivity index (χ1n) is 6.12. The van der Waals surface area contributed by atoms with Gasteiger partial charge in [-0.25, -0.2) is 14.6 Å². The maximum Gasteiger partial charge on any atom is 0.331 e. The molecule has 0 aliphatic rings. The van der Waals surface area contributed by atoms with Crippen LogP contribution in [0.4, 0.5) is 4.79 Å². The molecule has 3 N–H and O–H groups in total. The summed E-state index contributed by atoms with van der Waals surface area (Å²) in [6.07, 6.45) is 2.95. The van der Waals surface area contributed by atoms with Crippen molar-refractivity contribution in [2.75, 3.05) is 0 Å². The van der Waals surface area contributed by atoms with Gasteiger partial charge in [-0.2, -0.15) is 5.10 Å². The van der Waals surface area contributed by atoms with Crippen LogP contribution in [0.5, 0.6) is 0 Å². The van der Waals surface area contributed by atoms with Crippen LogP contribution in [0.1, 0.15) is 22.3 Å². The molecule has 2 amide bonds. The van der Waals surface area contributed by atoms with Gasteiger partial charge in [0.05, 0.1) is 12.7 Å². The second-order valence-corrected chi connectivity index (χ2v) is 5.37. The van der Waals surface area contributed by atoms with E-state index in [9.17, 15) is 14.7 Å². The van der Waals surface area contributed by atoms with Crippen LogP contribution >= 0.6 is 11.3 Å². The molecular formula is C12H15N5O3S. The van der Waals surface area contributed by atoms with E-state index in [1.165, 1.54) is 22.2 Å². The lowest BCUT2D eigenvalue weighted by Crippen LogP contribution is -2.40. The average molecular weight is 309 g/mol. The lowest BCUT2D eigenvalue weighted by Gasteiger charge is -2.13. The molecule has 0 saturated carbocycles. The Hall–Kier alpha value is -2.42. The van der Waals surface area contributed by atoms with Crippen LogP contribution in [-0.4, -0.2) is 31.9 Å². The van der Waals surface area contributed by atoms with E-state index in [0.29, 0.717) is 5.56 Å². The Kier molecular flexibility index (Phi) is 4.53. The summed E-state index contributed by atoms with van der Waals surface area (Å²) in [5.41, 5.74) is 1.29. The first-order chi connectivity index (χ1) is 9.95. The van der Waals surface area contributed by atoms with Crippen molar-refractivity contribution < 1.29 is 14.7 Å². The van der Waals surface area contributed by atoms with Gasteiger partial charge in [-0.1, -0.05) is 0 Å². The molecule has 0 saturated heterocycles. The average Bonchev–Trinajstić information content (AvgIpc) is 3.02. The van der Waals surface area contributed by atoms with E-state index >= 15 is 0 Å². The van der Waals surface area contributed by atoms with E-state index in [2.05, 4.69) is 20.7 Å². The van der Waals surface area contributed by atoms with Crippen molar-refractivity contribution in [2.45, 2.75) is 19.5 Å². The van der Waals surface area contributed by atoms with E-state index < -0.39 is 18.0 Å². The van der Waals surface area contributed by atoms with Crippen molar-refractivity contribution in [3.8, 4) is 0 Å². The number of carboxylic acids is 1. The summed E-state index contributed by atoms with van der Waals surface area (Å²) >= 11 is 1.43. The molecule has 2 rings (SSSR count). The number of aliphatic carboxylic acids is 1. The van der Waals surface area contributed by atoms with Crippen LogP contribution in [0, 0.1) is 6.92 Å². The predicted molar refractivity (Wildman–Crippen MR) is 75.8 cm³/mol. The maximum absolute atomic E-state index is 11.8. The van der Waals surface area contributed by atoms with Crippen molar-refractivity contribution in [3.05, 3.63) is 34.0 Å². The zero-order valence-electron chi connectivity index (χ0n) is 11.5. The number of thiazole rings is 1. The van der Waals surface area contributed by atoms with Gasteiger partial charge < -0.3 is 15.7 Å². The van der Waals surface area contributed by atoms with Crippen molar-refractivity contribution in [3.63, 3.8) is 0 Å². The highest BCUT2D eigenvalue weighted by Crippen LogP contribution is 2.12. The number of aromatic nitrogens is 3. The monoisotopic (exact) mass is 309 g/mol. The highest BCUT2D eigenvalue weighted by molar-refractivity contribution is 7.09. The van der Waals surface area contributed by atoms with E-state index in [0.717, 1.165) is 10.7 Å². The van der Waals surface area contributed by atoms with Crippen LogP contribution in [0.25, 0.3) is 0 Å².